The van der Waals surface area contributed by atoms with Crippen molar-refractivity contribution < 1.29 is 17.1 Å². The van der Waals surface area contributed by atoms with Crippen LogP contribution in [0.15, 0.2) is 60.7 Å². The van der Waals surface area contributed by atoms with Crippen LogP contribution in [-0.4, -0.2) is 6.04 Å². The molecule has 0 aromatic heterocycles. The van der Waals surface area contributed by atoms with Gasteiger partial charge in [-0.2, -0.15) is 0 Å². The van der Waals surface area contributed by atoms with Gasteiger partial charge in [-0.15, -0.1) is 0 Å². The molecular weight excluding hydrogens is 413 g/mol. The molecule has 0 heterocycles. The average Bonchev–Trinajstić information content (AvgIpc) is 3.42. The van der Waals surface area contributed by atoms with E-state index in [0.717, 1.165) is 6.42 Å². The van der Waals surface area contributed by atoms with Crippen molar-refractivity contribution in [2.45, 2.75) is 19.4 Å². The van der Waals surface area contributed by atoms with E-state index < -0.39 is 7.92 Å². The maximum absolute atomic E-state index is 6.75. The molecule has 2 fully saturated rings. The average molecular weight is 439 g/mol. The summed E-state index contributed by atoms with van der Waals surface area (Å²) in [6.07, 6.45) is 16.2. The quantitative estimate of drug-likeness (QED) is 0.495. The Morgan fingerprint density at radius 2 is 1.31 bits per heavy atom. The van der Waals surface area contributed by atoms with E-state index in [-0.39, 0.29) is 23.1 Å². The third-order valence-corrected chi connectivity index (χ3v) is 7.88. The van der Waals surface area contributed by atoms with E-state index >= 15 is 0 Å². The summed E-state index contributed by atoms with van der Waals surface area (Å²) in [6.45, 7) is 2.27. The second-order valence-corrected chi connectivity index (χ2v) is 9.52. The molecule has 146 valence electrons. The van der Waals surface area contributed by atoms with Gasteiger partial charge in [-0.05, 0) is 81.7 Å². The molecule has 3 heteroatoms. The number of rotatable bonds is 7. The van der Waals surface area contributed by atoms with Gasteiger partial charge in [0.1, 0.15) is 0 Å². The summed E-state index contributed by atoms with van der Waals surface area (Å²) < 4.78 is 0. The number of benzene rings is 2. The normalized spacial score (nSPS) is 20.7. The standard InChI is InChI=1S/C26H26NP.Fe/c1-20(21-11-8-9-12-21)19-25(27)24-17-10-18-26(24)28(22-13-4-2-5-14-22)23-15-6-3-7-16-23;/h2-18,20,25H,19,27H2,1H3;/q;+2/t20-,25-;/m1./s1. The van der Waals surface area contributed by atoms with Crippen LogP contribution >= 0.6 is 7.92 Å². The Morgan fingerprint density at radius 3 is 1.86 bits per heavy atom. The van der Waals surface area contributed by atoms with Crippen LogP contribution in [0.2, 0.25) is 0 Å². The van der Waals surface area contributed by atoms with Crippen molar-refractivity contribution in [2.75, 3.05) is 0 Å². The van der Waals surface area contributed by atoms with Gasteiger partial charge in [0.05, 0.1) is 0 Å². The summed E-state index contributed by atoms with van der Waals surface area (Å²) in [5.41, 5.74) is 8.14. The van der Waals surface area contributed by atoms with E-state index in [1.807, 2.05) is 0 Å². The Bertz CT molecular complexity index is 677. The molecule has 2 aromatic rings. The van der Waals surface area contributed by atoms with Crippen LogP contribution < -0.4 is 16.3 Å². The third-order valence-electron chi connectivity index (χ3n) is 5.36. The molecule has 2 atom stereocenters. The number of hydrogen-bond acceptors (Lipinski definition) is 1. The van der Waals surface area contributed by atoms with Crippen molar-refractivity contribution >= 4 is 18.5 Å². The first-order valence-electron chi connectivity index (χ1n) is 9.87. The molecule has 0 bridgehead atoms. The zero-order chi connectivity index (χ0) is 19.3. The first-order valence-corrected chi connectivity index (χ1v) is 11.2. The van der Waals surface area contributed by atoms with Crippen LogP contribution in [0.1, 0.15) is 13.3 Å². The molecule has 2 N–H and O–H groups in total. The van der Waals surface area contributed by atoms with Crippen LogP contribution in [-0.2, 0) is 17.1 Å². The summed E-state index contributed by atoms with van der Waals surface area (Å²) >= 11 is 0. The number of hydrogen-bond donors (Lipinski definition) is 1. The molecule has 1 nitrogen and oxygen atoms in total. The molecule has 0 amide bonds. The molecule has 0 spiro atoms. The van der Waals surface area contributed by atoms with E-state index in [1.165, 1.54) is 28.1 Å². The van der Waals surface area contributed by atoms with Crippen LogP contribution in [0.5, 0.6) is 0 Å². The van der Waals surface area contributed by atoms with Gasteiger partial charge in [0.2, 0.25) is 0 Å². The van der Waals surface area contributed by atoms with Crippen molar-refractivity contribution in [1.29, 1.82) is 0 Å². The monoisotopic (exact) mass is 439 g/mol. The van der Waals surface area contributed by atoms with E-state index in [4.69, 9.17) is 5.73 Å². The van der Waals surface area contributed by atoms with E-state index in [0.29, 0.717) is 5.92 Å². The van der Waals surface area contributed by atoms with Gasteiger partial charge in [0, 0.05) is 17.6 Å². The van der Waals surface area contributed by atoms with Gasteiger partial charge in [0.15, 0.2) is 0 Å². The molecule has 0 saturated heterocycles. The maximum Gasteiger partial charge on any atom is 2.00 e. The SMILES string of the molecule is C[C@H](C[C@@H](N)[C]1[CH][CH][CH][C]1P(c1ccccc1)c1ccccc1)[C]1[CH][CH][CH][CH]1.[Fe+2]. The molecule has 4 rings (SSSR count). The largest absolute Gasteiger partial charge is 2.00 e. The van der Waals surface area contributed by atoms with Crippen molar-refractivity contribution in [3.05, 3.63) is 123 Å². The molecule has 2 saturated carbocycles. The molecule has 0 aliphatic heterocycles. The van der Waals surface area contributed by atoms with E-state index in [1.54, 1.807) is 0 Å². The number of nitrogens with two attached hydrogens (primary N) is 1. The first-order chi connectivity index (χ1) is 13.7. The van der Waals surface area contributed by atoms with Gasteiger partial charge in [0.25, 0.3) is 0 Å². The smallest absolute Gasteiger partial charge is 0.327 e. The first kappa shape index (κ1) is 23.0. The van der Waals surface area contributed by atoms with Crippen molar-refractivity contribution in [3.63, 3.8) is 0 Å². The fourth-order valence-electron chi connectivity index (χ4n) is 3.88. The second-order valence-electron chi connectivity index (χ2n) is 7.33. The fraction of sp³-hybridized carbons (Fsp3) is 0.154. The Balaban J connectivity index is 0.00000240. The minimum Gasteiger partial charge on any atom is -0.327 e. The van der Waals surface area contributed by atoms with Gasteiger partial charge in [-0.3, -0.25) is 0 Å². The van der Waals surface area contributed by atoms with Gasteiger partial charge in [-0.1, -0.05) is 67.6 Å². The molecule has 0 unspecified atom stereocenters. The van der Waals surface area contributed by atoms with Crippen LogP contribution in [0.3, 0.4) is 0 Å². The van der Waals surface area contributed by atoms with Gasteiger partial charge < -0.3 is 5.73 Å². The Morgan fingerprint density at radius 1 is 0.759 bits per heavy atom. The van der Waals surface area contributed by atoms with E-state index in [9.17, 15) is 0 Å². The van der Waals surface area contributed by atoms with E-state index in [2.05, 4.69) is 113 Å². The molecule has 29 heavy (non-hydrogen) atoms. The van der Waals surface area contributed by atoms with Gasteiger partial charge >= 0.3 is 17.1 Å². The summed E-state index contributed by atoms with van der Waals surface area (Å²) in [4.78, 5) is 0. The molecule has 2 aliphatic carbocycles. The van der Waals surface area contributed by atoms with Gasteiger partial charge in [-0.25, -0.2) is 0 Å². The summed E-state index contributed by atoms with van der Waals surface area (Å²) in [5.74, 6) is 3.11. The fourth-order valence-corrected chi connectivity index (χ4v) is 6.41. The van der Waals surface area contributed by atoms with Crippen LogP contribution in [0.25, 0.3) is 0 Å². The predicted molar refractivity (Wildman–Crippen MR) is 121 cm³/mol. The molecule has 2 aromatic carbocycles. The maximum atomic E-state index is 6.75. The second kappa shape index (κ2) is 11.1. The minimum atomic E-state index is -0.612. The minimum absolute atomic E-state index is 0. The zero-order valence-corrected chi connectivity index (χ0v) is 18.6. The Labute approximate surface area is 189 Å². The topological polar surface area (TPSA) is 26.0 Å². The van der Waals surface area contributed by atoms with Crippen molar-refractivity contribution in [1.82, 2.24) is 0 Å². The summed E-state index contributed by atoms with van der Waals surface area (Å²) in [7, 11) is -0.612. The molecular formula is C26H26FeNP+2. The molecule has 10 radical (unpaired) electrons. The summed E-state index contributed by atoms with van der Waals surface area (Å²) in [5, 5.41) is 2.74. The van der Waals surface area contributed by atoms with Crippen LogP contribution in [0, 0.1) is 68.4 Å². The molecule has 2 aliphatic rings. The zero-order valence-electron chi connectivity index (χ0n) is 16.6. The Kier molecular flexibility index (Phi) is 8.82. The third kappa shape index (κ3) is 5.53. The summed E-state index contributed by atoms with van der Waals surface area (Å²) in [6, 6.07) is 21.7. The predicted octanol–water partition coefficient (Wildman–Crippen LogP) is 4.61. The van der Waals surface area contributed by atoms with Crippen molar-refractivity contribution in [2.24, 2.45) is 11.7 Å². The van der Waals surface area contributed by atoms with Crippen molar-refractivity contribution in [3.8, 4) is 0 Å². The Hall–Kier alpha value is -0.651. The van der Waals surface area contributed by atoms with Crippen LogP contribution in [0.4, 0.5) is 0 Å².